The normalized spacial score (nSPS) is 11.7. The Labute approximate surface area is 204 Å². The van der Waals surface area contributed by atoms with Crippen molar-refractivity contribution in [3.8, 4) is 39.8 Å². The molecule has 5 aromatic rings. The van der Waals surface area contributed by atoms with E-state index >= 15 is 0 Å². The molecule has 2 heterocycles. The zero-order valence-electron chi connectivity index (χ0n) is 18.9. The van der Waals surface area contributed by atoms with E-state index in [4.69, 9.17) is 4.74 Å². The van der Waals surface area contributed by atoms with Crippen LogP contribution in [0.5, 0.6) is 11.5 Å². The van der Waals surface area contributed by atoms with Crippen LogP contribution in [0.2, 0.25) is 0 Å². The summed E-state index contributed by atoms with van der Waals surface area (Å²) in [6, 6.07) is 39.1. The second-order valence-electron chi connectivity index (χ2n) is 8.37. The number of anilines is 2. The van der Waals surface area contributed by atoms with E-state index in [9.17, 15) is 5.26 Å². The van der Waals surface area contributed by atoms with Gasteiger partial charge in [-0.05, 0) is 64.2 Å². The highest BCUT2D eigenvalue weighted by atomic mass is 16.5. The third-order valence-corrected chi connectivity index (χ3v) is 6.28. The second kappa shape index (κ2) is 8.81. The predicted molar refractivity (Wildman–Crippen MR) is 139 cm³/mol. The number of ether oxygens (including phenoxy) is 1. The second-order valence-corrected chi connectivity index (χ2v) is 8.37. The zero-order chi connectivity index (χ0) is 23.6. The predicted octanol–water partition coefficient (Wildman–Crippen LogP) is 7.73. The number of benzene rings is 4. The molecular formula is C31H21N3O. The van der Waals surface area contributed by atoms with E-state index in [2.05, 4.69) is 70.6 Å². The minimum atomic E-state index is 0.409. The minimum absolute atomic E-state index is 0.409. The molecule has 4 nitrogen and oxygen atoms in total. The lowest BCUT2D eigenvalue weighted by molar-refractivity contribution is 0.473. The third kappa shape index (κ3) is 3.80. The number of rotatable bonds is 4. The van der Waals surface area contributed by atoms with Gasteiger partial charge in [0.25, 0.3) is 0 Å². The number of pyridine rings is 1. The fraction of sp³-hybridized carbons (Fsp3) is 0.0323. The molecular weight excluding hydrogens is 430 g/mol. The summed E-state index contributed by atoms with van der Waals surface area (Å²) in [5, 5.41) is 9.35. The Kier molecular flexibility index (Phi) is 5.21. The molecule has 0 aliphatic carbocycles. The Balaban J connectivity index is 1.47. The molecule has 0 amide bonds. The third-order valence-electron chi connectivity index (χ3n) is 6.28. The summed E-state index contributed by atoms with van der Waals surface area (Å²) in [4.78, 5) is 6.46. The van der Waals surface area contributed by atoms with Gasteiger partial charge in [0.05, 0.1) is 11.4 Å². The molecule has 0 spiro atoms. The molecule has 6 rings (SSSR count). The van der Waals surface area contributed by atoms with Gasteiger partial charge in [0.1, 0.15) is 11.8 Å². The van der Waals surface area contributed by atoms with Gasteiger partial charge in [-0.1, -0.05) is 72.8 Å². The Morgan fingerprint density at radius 1 is 0.686 bits per heavy atom. The number of fused-ring (bicyclic) bond motifs is 2. The van der Waals surface area contributed by atoms with Crippen LogP contribution in [0.1, 0.15) is 11.3 Å². The van der Waals surface area contributed by atoms with Crippen molar-refractivity contribution in [2.75, 3.05) is 4.90 Å². The van der Waals surface area contributed by atoms with E-state index in [0.29, 0.717) is 12.2 Å². The number of nitrogens with zero attached hydrogens (tertiary/aromatic N) is 3. The number of para-hydroxylation sites is 4. The van der Waals surface area contributed by atoms with Gasteiger partial charge in [0.2, 0.25) is 0 Å². The van der Waals surface area contributed by atoms with Crippen molar-refractivity contribution in [1.29, 1.82) is 5.26 Å². The smallest absolute Gasteiger partial charge is 0.151 e. The molecule has 0 unspecified atom stereocenters. The topological polar surface area (TPSA) is 49.2 Å². The van der Waals surface area contributed by atoms with Crippen LogP contribution in [0.3, 0.4) is 0 Å². The van der Waals surface area contributed by atoms with Crippen LogP contribution in [-0.2, 0) is 6.54 Å². The fourth-order valence-corrected chi connectivity index (χ4v) is 4.67. The molecule has 4 aromatic carbocycles. The van der Waals surface area contributed by atoms with Crippen LogP contribution < -0.4 is 9.64 Å². The molecule has 0 bridgehead atoms. The highest BCUT2D eigenvalue weighted by Gasteiger charge is 2.25. The number of nitriles is 1. The summed E-state index contributed by atoms with van der Waals surface area (Å²) in [5.74, 6) is 1.70. The van der Waals surface area contributed by atoms with Crippen LogP contribution in [0.4, 0.5) is 11.4 Å². The van der Waals surface area contributed by atoms with E-state index in [1.807, 2.05) is 54.6 Å². The molecule has 4 heteroatoms. The molecule has 166 valence electrons. The molecule has 1 aliphatic heterocycles. The highest BCUT2D eigenvalue weighted by Crippen LogP contribution is 2.47. The van der Waals surface area contributed by atoms with Crippen molar-refractivity contribution < 1.29 is 4.74 Å². The van der Waals surface area contributed by atoms with Crippen LogP contribution >= 0.6 is 0 Å². The van der Waals surface area contributed by atoms with E-state index < -0.39 is 0 Å². The molecule has 35 heavy (non-hydrogen) atoms. The maximum absolute atomic E-state index is 9.35. The summed E-state index contributed by atoms with van der Waals surface area (Å²) < 4.78 is 6.19. The van der Waals surface area contributed by atoms with Gasteiger partial charge in [-0.15, -0.1) is 0 Å². The Bertz CT molecular complexity index is 1540. The average Bonchev–Trinajstić information content (AvgIpc) is 2.93. The Morgan fingerprint density at radius 3 is 2.00 bits per heavy atom. The first kappa shape index (κ1) is 20.7. The van der Waals surface area contributed by atoms with Crippen molar-refractivity contribution in [3.05, 3.63) is 127 Å². The standard InChI is InChI=1S/C31H21N3O/c32-20-24-19-22(17-18-33-24)25-10-3-4-12-27(25)26-11-2-1-9-23(26)21-34-28-13-5-7-15-30(28)35-31-16-8-6-14-29(31)34/h1-19H,21H2. The summed E-state index contributed by atoms with van der Waals surface area (Å²) in [6.45, 7) is 0.682. The maximum Gasteiger partial charge on any atom is 0.151 e. The largest absolute Gasteiger partial charge is 0.453 e. The summed E-state index contributed by atoms with van der Waals surface area (Å²) in [5.41, 5.74) is 8.01. The van der Waals surface area contributed by atoms with E-state index in [1.54, 1.807) is 6.20 Å². The zero-order valence-corrected chi connectivity index (χ0v) is 18.9. The molecule has 0 fully saturated rings. The maximum atomic E-state index is 9.35. The first-order valence-electron chi connectivity index (χ1n) is 11.5. The Hall–Kier alpha value is -4.88. The average molecular weight is 452 g/mol. The number of hydrogen-bond acceptors (Lipinski definition) is 4. The molecule has 1 aliphatic rings. The lowest BCUT2D eigenvalue weighted by Gasteiger charge is -2.33. The quantitative estimate of drug-likeness (QED) is 0.280. The minimum Gasteiger partial charge on any atom is -0.453 e. The van der Waals surface area contributed by atoms with Crippen molar-refractivity contribution in [3.63, 3.8) is 0 Å². The first-order valence-corrected chi connectivity index (χ1v) is 11.5. The van der Waals surface area contributed by atoms with Crippen LogP contribution in [-0.4, -0.2) is 4.98 Å². The van der Waals surface area contributed by atoms with Gasteiger partial charge >= 0.3 is 0 Å². The molecule has 1 aromatic heterocycles. The Morgan fingerprint density at radius 2 is 1.29 bits per heavy atom. The SMILES string of the molecule is N#Cc1cc(-c2ccccc2-c2ccccc2CN2c3ccccc3Oc3ccccc32)ccn1. The molecule has 0 atom stereocenters. The van der Waals surface area contributed by atoms with Gasteiger partial charge in [-0.25, -0.2) is 4.98 Å². The van der Waals surface area contributed by atoms with Crippen LogP contribution in [0.15, 0.2) is 115 Å². The summed E-state index contributed by atoms with van der Waals surface area (Å²) in [7, 11) is 0. The highest BCUT2D eigenvalue weighted by molar-refractivity contribution is 5.86. The summed E-state index contributed by atoms with van der Waals surface area (Å²) in [6.07, 6.45) is 1.69. The van der Waals surface area contributed by atoms with Crippen molar-refractivity contribution in [2.24, 2.45) is 0 Å². The lowest BCUT2D eigenvalue weighted by atomic mass is 9.91. The lowest BCUT2D eigenvalue weighted by Crippen LogP contribution is -2.21. The van der Waals surface area contributed by atoms with Gasteiger partial charge in [0, 0.05) is 12.7 Å². The van der Waals surface area contributed by atoms with Crippen LogP contribution in [0.25, 0.3) is 22.3 Å². The van der Waals surface area contributed by atoms with E-state index in [1.165, 1.54) is 5.56 Å². The van der Waals surface area contributed by atoms with E-state index in [-0.39, 0.29) is 0 Å². The van der Waals surface area contributed by atoms with Gasteiger partial charge in [-0.3, -0.25) is 0 Å². The van der Waals surface area contributed by atoms with Gasteiger partial charge in [-0.2, -0.15) is 5.26 Å². The molecule has 0 saturated heterocycles. The van der Waals surface area contributed by atoms with Crippen molar-refractivity contribution in [2.45, 2.75) is 6.54 Å². The van der Waals surface area contributed by atoms with Crippen LogP contribution in [0, 0.1) is 11.3 Å². The number of aromatic nitrogens is 1. The summed E-state index contributed by atoms with van der Waals surface area (Å²) >= 11 is 0. The van der Waals surface area contributed by atoms with E-state index in [0.717, 1.165) is 45.1 Å². The monoisotopic (exact) mass is 451 g/mol. The molecule has 0 radical (unpaired) electrons. The van der Waals surface area contributed by atoms with Gasteiger partial charge < -0.3 is 9.64 Å². The van der Waals surface area contributed by atoms with Crippen molar-refractivity contribution in [1.82, 2.24) is 4.98 Å². The molecule has 0 saturated carbocycles. The fourth-order valence-electron chi connectivity index (χ4n) is 4.67. The van der Waals surface area contributed by atoms with Gasteiger partial charge in [0.15, 0.2) is 11.5 Å². The first-order chi connectivity index (χ1) is 17.3. The molecule has 0 N–H and O–H groups in total. The number of hydrogen-bond donors (Lipinski definition) is 0. The van der Waals surface area contributed by atoms with Crippen molar-refractivity contribution >= 4 is 11.4 Å².